The van der Waals surface area contributed by atoms with Crippen molar-refractivity contribution in [2.24, 2.45) is 0 Å². The molecule has 0 spiro atoms. The molecule has 1 N–H and O–H groups in total. The lowest BCUT2D eigenvalue weighted by Crippen LogP contribution is -2.30. The summed E-state index contributed by atoms with van der Waals surface area (Å²) in [5.41, 5.74) is 0. The third-order valence-corrected chi connectivity index (χ3v) is 3.53. The quantitative estimate of drug-likeness (QED) is 0.731. The number of hydrogen-bond donors (Lipinski definition) is 1. The molecule has 0 aliphatic heterocycles. The second-order valence-electron chi connectivity index (χ2n) is 3.81. The summed E-state index contributed by atoms with van der Waals surface area (Å²) in [6, 6.07) is 7.34. The summed E-state index contributed by atoms with van der Waals surface area (Å²) in [7, 11) is 0. The lowest BCUT2D eigenvalue weighted by molar-refractivity contribution is 0.531. The average Bonchev–Trinajstić information content (AvgIpc) is 2.27. The van der Waals surface area contributed by atoms with Crippen LogP contribution in [-0.2, 0) is 0 Å². The van der Waals surface area contributed by atoms with Crippen molar-refractivity contribution in [2.75, 3.05) is 12.3 Å². The third kappa shape index (κ3) is 4.99. The van der Waals surface area contributed by atoms with E-state index in [1.54, 1.807) is 23.9 Å². The maximum atomic E-state index is 13.0. The Hall–Kier alpha value is -0.540. The molecule has 90 valence electrons. The SMILES string of the molecule is CCCC(CSc1cccc(F)c1)NCC. The van der Waals surface area contributed by atoms with Crippen molar-refractivity contribution < 1.29 is 4.39 Å². The fraction of sp³-hybridized carbons (Fsp3) is 0.538. The van der Waals surface area contributed by atoms with Crippen molar-refractivity contribution >= 4 is 11.8 Å². The van der Waals surface area contributed by atoms with Crippen LogP contribution in [-0.4, -0.2) is 18.3 Å². The molecule has 1 atom stereocenters. The van der Waals surface area contributed by atoms with Crippen molar-refractivity contribution in [3.63, 3.8) is 0 Å². The number of benzene rings is 1. The van der Waals surface area contributed by atoms with E-state index in [1.807, 2.05) is 6.07 Å². The Kier molecular flexibility index (Phi) is 6.50. The average molecular weight is 241 g/mol. The number of thioether (sulfide) groups is 1. The molecule has 16 heavy (non-hydrogen) atoms. The van der Waals surface area contributed by atoms with E-state index in [1.165, 1.54) is 18.9 Å². The van der Waals surface area contributed by atoms with Gasteiger partial charge in [0.05, 0.1) is 0 Å². The molecule has 1 aromatic rings. The zero-order valence-corrected chi connectivity index (χ0v) is 10.8. The molecule has 0 aliphatic carbocycles. The van der Waals surface area contributed by atoms with Gasteiger partial charge in [0, 0.05) is 16.7 Å². The van der Waals surface area contributed by atoms with E-state index in [2.05, 4.69) is 19.2 Å². The molecule has 3 heteroatoms. The van der Waals surface area contributed by atoms with Crippen LogP contribution in [0.2, 0.25) is 0 Å². The van der Waals surface area contributed by atoms with Gasteiger partial charge in [-0.25, -0.2) is 4.39 Å². The second kappa shape index (κ2) is 7.69. The van der Waals surface area contributed by atoms with Crippen LogP contribution in [0, 0.1) is 5.82 Å². The summed E-state index contributed by atoms with van der Waals surface area (Å²) < 4.78 is 13.0. The fourth-order valence-corrected chi connectivity index (χ4v) is 2.68. The highest BCUT2D eigenvalue weighted by molar-refractivity contribution is 7.99. The Morgan fingerprint density at radius 1 is 1.38 bits per heavy atom. The van der Waals surface area contributed by atoms with Gasteiger partial charge in [0.15, 0.2) is 0 Å². The summed E-state index contributed by atoms with van der Waals surface area (Å²) in [6.45, 7) is 5.31. The summed E-state index contributed by atoms with van der Waals surface area (Å²) in [5, 5.41) is 3.45. The van der Waals surface area contributed by atoms with Gasteiger partial charge in [-0.3, -0.25) is 0 Å². The fourth-order valence-electron chi connectivity index (χ4n) is 1.64. The van der Waals surface area contributed by atoms with Crippen molar-refractivity contribution in [1.29, 1.82) is 0 Å². The Morgan fingerprint density at radius 2 is 2.19 bits per heavy atom. The zero-order valence-electron chi connectivity index (χ0n) is 10.0. The van der Waals surface area contributed by atoms with Crippen LogP contribution < -0.4 is 5.32 Å². The van der Waals surface area contributed by atoms with Crippen LogP contribution in [0.3, 0.4) is 0 Å². The van der Waals surface area contributed by atoms with Gasteiger partial charge in [-0.2, -0.15) is 0 Å². The minimum absolute atomic E-state index is 0.152. The first-order chi connectivity index (χ1) is 7.76. The molecule has 0 radical (unpaired) electrons. The van der Waals surface area contributed by atoms with Crippen LogP contribution in [0.25, 0.3) is 0 Å². The molecule has 0 heterocycles. The highest BCUT2D eigenvalue weighted by atomic mass is 32.2. The van der Waals surface area contributed by atoms with Crippen molar-refractivity contribution in [3.8, 4) is 0 Å². The zero-order chi connectivity index (χ0) is 11.8. The lowest BCUT2D eigenvalue weighted by Gasteiger charge is -2.16. The van der Waals surface area contributed by atoms with Gasteiger partial charge in [-0.15, -0.1) is 11.8 Å². The molecule has 0 saturated carbocycles. The smallest absolute Gasteiger partial charge is 0.124 e. The van der Waals surface area contributed by atoms with Crippen LogP contribution in [0.15, 0.2) is 29.2 Å². The molecule has 0 aliphatic rings. The normalized spacial score (nSPS) is 12.7. The lowest BCUT2D eigenvalue weighted by atomic mass is 10.2. The van der Waals surface area contributed by atoms with Gasteiger partial charge in [0.2, 0.25) is 0 Å². The van der Waals surface area contributed by atoms with E-state index in [-0.39, 0.29) is 5.82 Å². The van der Waals surface area contributed by atoms with E-state index in [0.29, 0.717) is 6.04 Å². The summed E-state index contributed by atoms with van der Waals surface area (Å²) in [4.78, 5) is 1.01. The standard InChI is InChI=1S/C13H20FNS/c1-3-6-12(15-4-2)10-16-13-8-5-7-11(14)9-13/h5,7-9,12,15H,3-4,6,10H2,1-2H3. The molecule has 1 rings (SSSR count). The highest BCUT2D eigenvalue weighted by Gasteiger charge is 2.06. The number of nitrogens with one attached hydrogen (secondary N) is 1. The van der Waals surface area contributed by atoms with E-state index in [4.69, 9.17) is 0 Å². The summed E-state index contributed by atoms with van der Waals surface area (Å²) in [5.74, 6) is 0.853. The van der Waals surface area contributed by atoms with Crippen molar-refractivity contribution in [1.82, 2.24) is 5.32 Å². The number of hydrogen-bond acceptors (Lipinski definition) is 2. The van der Waals surface area contributed by atoms with Crippen LogP contribution in [0.5, 0.6) is 0 Å². The van der Waals surface area contributed by atoms with Crippen LogP contribution in [0.4, 0.5) is 4.39 Å². The molecule has 1 nitrogen and oxygen atoms in total. The predicted molar refractivity (Wildman–Crippen MR) is 69.5 cm³/mol. The van der Waals surface area contributed by atoms with Gasteiger partial charge in [-0.1, -0.05) is 26.3 Å². The first-order valence-corrected chi connectivity index (χ1v) is 6.86. The monoisotopic (exact) mass is 241 g/mol. The largest absolute Gasteiger partial charge is 0.313 e. The van der Waals surface area contributed by atoms with E-state index < -0.39 is 0 Å². The maximum absolute atomic E-state index is 13.0. The van der Waals surface area contributed by atoms with E-state index in [0.717, 1.165) is 17.2 Å². The first kappa shape index (κ1) is 13.5. The first-order valence-electron chi connectivity index (χ1n) is 5.88. The minimum Gasteiger partial charge on any atom is -0.313 e. The van der Waals surface area contributed by atoms with Gasteiger partial charge in [-0.05, 0) is 31.2 Å². The van der Waals surface area contributed by atoms with Gasteiger partial charge >= 0.3 is 0 Å². The Labute approximate surface area is 102 Å². The molecular formula is C13H20FNS. The topological polar surface area (TPSA) is 12.0 Å². The third-order valence-electron chi connectivity index (χ3n) is 2.38. The molecule has 0 aromatic heterocycles. The maximum Gasteiger partial charge on any atom is 0.124 e. The highest BCUT2D eigenvalue weighted by Crippen LogP contribution is 2.20. The van der Waals surface area contributed by atoms with Gasteiger partial charge < -0.3 is 5.32 Å². The summed E-state index contributed by atoms with van der Waals surface area (Å²) >= 11 is 1.72. The molecule has 1 unspecified atom stereocenters. The molecule has 0 amide bonds. The van der Waals surface area contributed by atoms with Crippen molar-refractivity contribution in [2.45, 2.75) is 37.6 Å². The van der Waals surface area contributed by atoms with Gasteiger partial charge in [0.25, 0.3) is 0 Å². The molecule has 0 fully saturated rings. The molecule has 1 aromatic carbocycles. The number of halogens is 1. The van der Waals surface area contributed by atoms with Crippen LogP contribution in [0.1, 0.15) is 26.7 Å². The van der Waals surface area contributed by atoms with Crippen LogP contribution >= 0.6 is 11.8 Å². The summed E-state index contributed by atoms with van der Waals surface area (Å²) in [6.07, 6.45) is 2.36. The molecular weight excluding hydrogens is 221 g/mol. The second-order valence-corrected chi connectivity index (χ2v) is 4.91. The molecule has 0 saturated heterocycles. The Morgan fingerprint density at radius 3 is 2.81 bits per heavy atom. The minimum atomic E-state index is -0.152. The van der Waals surface area contributed by atoms with Gasteiger partial charge in [0.1, 0.15) is 5.82 Å². The van der Waals surface area contributed by atoms with E-state index >= 15 is 0 Å². The van der Waals surface area contributed by atoms with Crippen molar-refractivity contribution in [3.05, 3.63) is 30.1 Å². The van der Waals surface area contributed by atoms with E-state index in [9.17, 15) is 4.39 Å². The Bertz CT molecular complexity index is 298. The predicted octanol–water partition coefficient (Wildman–Crippen LogP) is 3.70. The number of rotatable bonds is 7. The molecule has 0 bridgehead atoms. The Balaban J connectivity index is 2.41.